The molecule has 1 saturated carbocycles. The molecule has 174 valence electrons. The van der Waals surface area contributed by atoms with Gasteiger partial charge in [-0.2, -0.15) is 0 Å². The summed E-state index contributed by atoms with van der Waals surface area (Å²) in [5, 5.41) is 8.93. The molecule has 1 aliphatic carbocycles. The van der Waals surface area contributed by atoms with E-state index in [0.29, 0.717) is 0 Å². The van der Waals surface area contributed by atoms with E-state index in [-0.39, 0.29) is 36.2 Å². The van der Waals surface area contributed by atoms with Crippen molar-refractivity contribution in [1.82, 2.24) is 5.48 Å². The van der Waals surface area contributed by atoms with Crippen LogP contribution in [0, 0.1) is 23.6 Å². The lowest BCUT2D eigenvalue weighted by molar-refractivity contribution is -0.132. The molecule has 0 bridgehead atoms. The molecule has 3 rings (SSSR count). The standard InChI is InChI=1S/C21H25FN2O7S/c1-21(19(25)23-27,32(3,28)29)11-17-12-24(20(26)31-17)15-7-6-14(18(22)10-15)5-4-13-8-16(9-13)30-2/h6-7,10,13,16-17,27H,8-9,11-12H2,1-3H3,(H,23,25). The van der Waals surface area contributed by atoms with Crippen LogP contribution >= 0.6 is 0 Å². The number of methoxy groups -OCH3 is 1. The van der Waals surface area contributed by atoms with Crippen LogP contribution in [0.15, 0.2) is 18.2 Å². The first-order valence-electron chi connectivity index (χ1n) is 9.94. The Labute approximate surface area is 185 Å². The summed E-state index contributed by atoms with van der Waals surface area (Å²) in [6.07, 6.45) is 0.531. The Morgan fingerprint density at radius 2 is 2.12 bits per heavy atom. The van der Waals surface area contributed by atoms with E-state index in [9.17, 15) is 22.4 Å². The Kier molecular flexibility index (Phi) is 6.78. The van der Waals surface area contributed by atoms with Gasteiger partial charge in [0, 0.05) is 25.7 Å². The van der Waals surface area contributed by atoms with Crippen molar-refractivity contribution in [2.24, 2.45) is 5.92 Å². The van der Waals surface area contributed by atoms with Crippen molar-refractivity contribution >= 4 is 27.5 Å². The summed E-state index contributed by atoms with van der Waals surface area (Å²) in [4.78, 5) is 25.5. The van der Waals surface area contributed by atoms with E-state index >= 15 is 0 Å². The van der Waals surface area contributed by atoms with Crippen LogP contribution in [0.3, 0.4) is 0 Å². The Hall–Kier alpha value is -2.68. The molecule has 32 heavy (non-hydrogen) atoms. The van der Waals surface area contributed by atoms with E-state index in [0.717, 1.165) is 37.0 Å². The molecule has 2 fully saturated rings. The van der Waals surface area contributed by atoms with Gasteiger partial charge < -0.3 is 9.47 Å². The van der Waals surface area contributed by atoms with Crippen LogP contribution in [0.5, 0.6) is 0 Å². The highest BCUT2D eigenvalue weighted by molar-refractivity contribution is 7.92. The number of hydrogen-bond acceptors (Lipinski definition) is 7. The first-order chi connectivity index (χ1) is 15.0. The summed E-state index contributed by atoms with van der Waals surface area (Å²) < 4.78 is 47.2. The molecule has 2 N–H and O–H groups in total. The summed E-state index contributed by atoms with van der Waals surface area (Å²) in [5.74, 6) is 4.25. The summed E-state index contributed by atoms with van der Waals surface area (Å²) in [6, 6.07) is 4.14. The van der Waals surface area contributed by atoms with Crippen molar-refractivity contribution in [1.29, 1.82) is 0 Å². The van der Waals surface area contributed by atoms with Crippen LogP contribution < -0.4 is 10.4 Å². The van der Waals surface area contributed by atoms with E-state index in [1.807, 2.05) is 0 Å². The number of hydrogen-bond donors (Lipinski definition) is 2. The van der Waals surface area contributed by atoms with Gasteiger partial charge in [0.25, 0.3) is 5.91 Å². The number of halogens is 1. The van der Waals surface area contributed by atoms with E-state index in [1.54, 1.807) is 7.11 Å². The molecule has 2 aliphatic rings. The molecule has 2 amide bonds. The number of hydroxylamine groups is 1. The molecule has 1 aromatic rings. The topological polar surface area (TPSA) is 122 Å². The third-order valence-corrected chi connectivity index (χ3v) is 7.98. The van der Waals surface area contributed by atoms with Gasteiger partial charge in [0.15, 0.2) is 14.6 Å². The quantitative estimate of drug-likeness (QED) is 0.370. The molecule has 11 heteroatoms. The van der Waals surface area contributed by atoms with Crippen molar-refractivity contribution in [2.45, 2.75) is 43.1 Å². The minimum absolute atomic E-state index is 0.0897. The van der Waals surface area contributed by atoms with Gasteiger partial charge in [-0.25, -0.2) is 23.1 Å². The number of carbonyl (C=O) groups excluding carboxylic acids is 2. The molecule has 2 atom stereocenters. The number of sulfone groups is 1. The second-order valence-corrected chi connectivity index (χ2v) is 10.7. The van der Waals surface area contributed by atoms with Crippen molar-refractivity contribution in [3.05, 3.63) is 29.6 Å². The normalized spacial score (nSPS) is 24.6. The molecule has 0 aromatic heterocycles. The van der Waals surface area contributed by atoms with Crippen molar-refractivity contribution in [2.75, 3.05) is 24.8 Å². The summed E-state index contributed by atoms with van der Waals surface area (Å²) in [5.41, 5.74) is 1.76. The number of cyclic esters (lactones) is 1. The smallest absolute Gasteiger partial charge is 0.414 e. The van der Waals surface area contributed by atoms with Crippen LogP contribution in [0.25, 0.3) is 0 Å². The van der Waals surface area contributed by atoms with E-state index in [4.69, 9.17) is 14.7 Å². The second kappa shape index (κ2) is 9.05. The number of anilines is 1. The minimum Gasteiger partial charge on any atom is -0.444 e. The number of nitrogens with one attached hydrogen (secondary N) is 1. The molecule has 2 unspecified atom stereocenters. The fraction of sp³-hybridized carbons (Fsp3) is 0.524. The Morgan fingerprint density at radius 3 is 2.69 bits per heavy atom. The van der Waals surface area contributed by atoms with Crippen LogP contribution in [0.4, 0.5) is 14.9 Å². The maximum atomic E-state index is 14.6. The number of amides is 2. The van der Waals surface area contributed by atoms with E-state index in [1.165, 1.54) is 17.6 Å². The summed E-state index contributed by atoms with van der Waals surface area (Å²) >= 11 is 0. The minimum atomic E-state index is -3.96. The van der Waals surface area contributed by atoms with Crippen molar-refractivity contribution in [3.8, 4) is 11.8 Å². The summed E-state index contributed by atoms with van der Waals surface area (Å²) in [6.45, 7) is 1.04. The van der Waals surface area contributed by atoms with E-state index in [2.05, 4.69) is 11.8 Å². The van der Waals surface area contributed by atoms with Gasteiger partial charge in [0.2, 0.25) is 0 Å². The molecule has 0 spiro atoms. The molecule has 1 aromatic carbocycles. The maximum Gasteiger partial charge on any atom is 0.414 e. The van der Waals surface area contributed by atoms with Gasteiger partial charge >= 0.3 is 6.09 Å². The van der Waals surface area contributed by atoms with Gasteiger partial charge in [-0.05, 0) is 38.0 Å². The molecular formula is C21H25FN2O7S. The van der Waals surface area contributed by atoms with Gasteiger partial charge in [0.05, 0.1) is 23.9 Å². The predicted molar refractivity (Wildman–Crippen MR) is 112 cm³/mol. The highest BCUT2D eigenvalue weighted by Gasteiger charge is 2.48. The van der Waals surface area contributed by atoms with E-state index < -0.39 is 38.5 Å². The third-order valence-electron chi connectivity index (χ3n) is 5.99. The first-order valence-corrected chi connectivity index (χ1v) is 11.8. The highest BCUT2D eigenvalue weighted by atomic mass is 32.2. The van der Waals surface area contributed by atoms with Crippen molar-refractivity contribution < 1.29 is 37.1 Å². The Balaban J connectivity index is 1.72. The third kappa shape index (κ3) is 4.72. The van der Waals surface area contributed by atoms with Crippen LogP contribution in [-0.2, 0) is 24.1 Å². The molecule has 1 saturated heterocycles. The zero-order valence-corrected chi connectivity index (χ0v) is 18.7. The molecule has 0 radical (unpaired) electrons. The first kappa shape index (κ1) is 24.0. The average Bonchev–Trinajstić information content (AvgIpc) is 3.06. The van der Waals surface area contributed by atoms with Crippen LogP contribution in [0.2, 0.25) is 0 Å². The predicted octanol–water partition coefficient (Wildman–Crippen LogP) is 1.63. The number of carbonyl (C=O) groups is 2. The number of rotatable bonds is 6. The zero-order valence-electron chi connectivity index (χ0n) is 17.9. The summed E-state index contributed by atoms with van der Waals surface area (Å²) in [7, 11) is -2.31. The van der Waals surface area contributed by atoms with Gasteiger partial charge in [-0.1, -0.05) is 11.8 Å². The monoisotopic (exact) mass is 468 g/mol. The van der Waals surface area contributed by atoms with Gasteiger partial charge in [0.1, 0.15) is 11.9 Å². The maximum absolute atomic E-state index is 14.6. The zero-order chi connectivity index (χ0) is 23.7. The second-order valence-electron chi connectivity index (χ2n) is 8.22. The van der Waals surface area contributed by atoms with Gasteiger partial charge in [-0.15, -0.1) is 0 Å². The number of nitrogens with zero attached hydrogens (tertiary/aromatic N) is 1. The lowest BCUT2D eigenvalue weighted by Gasteiger charge is -2.30. The van der Waals surface area contributed by atoms with Crippen LogP contribution in [-0.4, -0.2) is 62.5 Å². The molecule has 9 nitrogen and oxygen atoms in total. The fourth-order valence-electron chi connectivity index (χ4n) is 3.63. The van der Waals surface area contributed by atoms with Gasteiger partial charge in [-0.3, -0.25) is 14.9 Å². The van der Waals surface area contributed by atoms with Crippen molar-refractivity contribution in [3.63, 3.8) is 0 Å². The number of ether oxygens (including phenoxy) is 2. The SMILES string of the molecule is COC1CC(C#Cc2ccc(N3CC(CC(C)(C(=O)NO)S(C)(=O)=O)OC3=O)cc2F)C1. The Morgan fingerprint density at radius 1 is 1.44 bits per heavy atom. The highest BCUT2D eigenvalue weighted by Crippen LogP contribution is 2.31. The number of benzene rings is 1. The largest absolute Gasteiger partial charge is 0.444 e. The molecule has 1 aliphatic heterocycles. The lowest BCUT2D eigenvalue weighted by atomic mass is 9.83. The van der Waals surface area contributed by atoms with Crippen LogP contribution in [0.1, 0.15) is 31.7 Å². The average molecular weight is 469 g/mol. The molecular weight excluding hydrogens is 443 g/mol. The molecule has 1 heterocycles. The lowest BCUT2D eigenvalue weighted by Crippen LogP contribution is -2.51. The fourth-order valence-corrected chi connectivity index (χ4v) is 4.50. The Bertz CT molecular complexity index is 1080.